The van der Waals surface area contributed by atoms with Crippen LogP contribution in [0.2, 0.25) is 0 Å². The van der Waals surface area contributed by atoms with E-state index in [9.17, 15) is 8.78 Å². The van der Waals surface area contributed by atoms with Gasteiger partial charge in [0.1, 0.15) is 0 Å². The molecule has 0 aromatic heterocycles. The number of hydrogen-bond acceptors (Lipinski definition) is 3. The molecule has 1 fully saturated rings. The van der Waals surface area contributed by atoms with Gasteiger partial charge in [0.15, 0.2) is 11.5 Å². The molecule has 86 valence electrons. The molecule has 1 saturated carbocycles. The van der Waals surface area contributed by atoms with E-state index >= 15 is 0 Å². The van der Waals surface area contributed by atoms with Gasteiger partial charge in [0, 0.05) is 0 Å². The van der Waals surface area contributed by atoms with Gasteiger partial charge in [-0.2, -0.15) is 0 Å². The van der Waals surface area contributed by atoms with E-state index in [-0.39, 0.29) is 6.79 Å². The van der Waals surface area contributed by atoms with E-state index < -0.39 is 24.4 Å². The summed E-state index contributed by atoms with van der Waals surface area (Å²) >= 11 is 0. The van der Waals surface area contributed by atoms with Crippen LogP contribution in [-0.2, 0) is 0 Å². The number of halogens is 2. The zero-order chi connectivity index (χ0) is 11.3. The van der Waals surface area contributed by atoms with Gasteiger partial charge < -0.3 is 14.6 Å². The highest BCUT2D eigenvalue weighted by atomic mass is 19.3. The second-order valence-electron chi connectivity index (χ2n) is 4.05. The monoisotopic (exact) mass is 228 g/mol. The average molecular weight is 228 g/mol. The molecule has 2 unspecified atom stereocenters. The summed E-state index contributed by atoms with van der Waals surface area (Å²) in [6, 6.07) is 4.79. The summed E-state index contributed by atoms with van der Waals surface area (Å²) in [5.74, 6) is -3.59. The molecule has 1 aliphatic heterocycles. The number of hydrogen-bond donors (Lipinski definition) is 1. The van der Waals surface area contributed by atoms with Gasteiger partial charge in [0.2, 0.25) is 6.79 Å². The van der Waals surface area contributed by atoms with E-state index in [0.717, 1.165) is 0 Å². The number of fused-ring (bicyclic) bond motifs is 1. The van der Waals surface area contributed by atoms with Crippen LogP contribution >= 0.6 is 0 Å². The van der Waals surface area contributed by atoms with Crippen LogP contribution in [0.4, 0.5) is 8.78 Å². The van der Waals surface area contributed by atoms with Gasteiger partial charge >= 0.3 is 0 Å². The maximum absolute atomic E-state index is 13.3. The number of alkyl halides is 2. The fraction of sp³-hybridized carbons (Fsp3) is 0.455. The third-order valence-corrected chi connectivity index (χ3v) is 3.15. The molecule has 16 heavy (non-hydrogen) atoms. The molecule has 2 aliphatic rings. The number of aliphatic hydroxyl groups excluding tert-OH is 1. The largest absolute Gasteiger partial charge is 0.454 e. The Morgan fingerprint density at radius 1 is 1.31 bits per heavy atom. The van der Waals surface area contributed by atoms with Crippen molar-refractivity contribution in [3.05, 3.63) is 23.8 Å². The van der Waals surface area contributed by atoms with E-state index in [2.05, 4.69) is 0 Å². The first-order chi connectivity index (χ1) is 7.64. The molecule has 0 saturated heterocycles. The quantitative estimate of drug-likeness (QED) is 0.838. The van der Waals surface area contributed by atoms with Crippen molar-refractivity contribution in [1.29, 1.82) is 0 Å². The topological polar surface area (TPSA) is 38.7 Å². The lowest BCUT2D eigenvalue weighted by Gasteiger charge is -2.01. The first-order valence-electron chi connectivity index (χ1n) is 5.03. The van der Waals surface area contributed by atoms with Crippen LogP contribution in [0.15, 0.2) is 18.2 Å². The number of benzene rings is 1. The summed E-state index contributed by atoms with van der Waals surface area (Å²) in [4.78, 5) is 0. The Labute approximate surface area is 90.6 Å². The standard InChI is InChI=1S/C11H10F2O3/c12-11(13)7(4-14)10(11)6-1-2-8-9(3-6)16-5-15-8/h1-3,7,10,14H,4-5H2. The maximum Gasteiger partial charge on any atom is 0.261 e. The fourth-order valence-corrected chi connectivity index (χ4v) is 2.18. The predicted octanol–water partition coefficient (Wildman–Crippen LogP) is 1.76. The zero-order valence-corrected chi connectivity index (χ0v) is 8.32. The fourth-order valence-electron chi connectivity index (χ4n) is 2.18. The van der Waals surface area contributed by atoms with Gasteiger partial charge in [-0.3, -0.25) is 0 Å². The maximum atomic E-state index is 13.3. The van der Waals surface area contributed by atoms with E-state index in [1.807, 2.05) is 0 Å². The van der Waals surface area contributed by atoms with Crippen LogP contribution in [0.5, 0.6) is 11.5 Å². The minimum Gasteiger partial charge on any atom is -0.454 e. The van der Waals surface area contributed by atoms with Crippen molar-refractivity contribution in [3.63, 3.8) is 0 Å². The van der Waals surface area contributed by atoms with Crippen molar-refractivity contribution < 1.29 is 23.4 Å². The first kappa shape index (κ1) is 9.84. The summed E-state index contributed by atoms with van der Waals surface area (Å²) in [5, 5.41) is 8.83. The van der Waals surface area contributed by atoms with Crippen molar-refractivity contribution in [2.45, 2.75) is 11.8 Å². The van der Waals surface area contributed by atoms with E-state index in [0.29, 0.717) is 17.1 Å². The molecule has 2 atom stereocenters. The Morgan fingerprint density at radius 3 is 2.75 bits per heavy atom. The van der Waals surface area contributed by atoms with Crippen molar-refractivity contribution in [2.24, 2.45) is 5.92 Å². The van der Waals surface area contributed by atoms with Gasteiger partial charge in [-0.25, -0.2) is 8.78 Å². The Hall–Kier alpha value is -1.36. The van der Waals surface area contributed by atoms with Crippen LogP contribution in [0.1, 0.15) is 11.5 Å². The van der Waals surface area contributed by atoms with Crippen LogP contribution in [-0.4, -0.2) is 24.4 Å². The molecule has 5 heteroatoms. The average Bonchev–Trinajstić information content (AvgIpc) is 2.62. The zero-order valence-electron chi connectivity index (χ0n) is 8.32. The van der Waals surface area contributed by atoms with Crippen LogP contribution in [0.3, 0.4) is 0 Å². The number of rotatable bonds is 2. The molecule has 0 amide bonds. The second kappa shape index (κ2) is 3.07. The van der Waals surface area contributed by atoms with Crippen molar-refractivity contribution in [3.8, 4) is 11.5 Å². The van der Waals surface area contributed by atoms with E-state index in [1.54, 1.807) is 18.2 Å². The third kappa shape index (κ3) is 1.21. The smallest absolute Gasteiger partial charge is 0.261 e. The molecule has 1 aliphatic carbocycles. The molecule has 1 heterocycles. The van der Waals surface area contributed by atoms with Gasteiger partial charge in [0.25, 0.3) is 5.92 Å². The van der Waals surface area contributed by atoms with Crippen molar-refractivity contribution >= 4 is 0 Å². The summed E-state index contributed by atoms with van der Waals surface area (Å²) in [6.45, 7) is -0.366. The highest BCUT2D eigenvalue weighted by Crippen LogP contribution is 2.61. The van der Waals surface area contributed by atoms with Crippen molar-refractivity contribution in [1.82, 2.24) is 0 Å². The second-order valence-corrected chi connectivity index (χ2v) is 4.05. The Morgan fingerprint density at radius 2 is 2.06 bits per heavy atom. The summed E-state index contributed by atoms with van der Waals surface area (Å²) in [6.07, 6.45) is 0. The molecule has 0 radical (unpaired) electrons. The number of ether oxygens (including phenoxy) is 2. The Bertz CT molecular complexity index is 433. The van der Waals surface area contributed by atoms with Gasteiger partial charge in [0.05, 0.1) is 18.4 Å². The van der Waals surface area contributed by atoms with Crippen LogP contribution in [0.25, 0.3) is 0 Å². The first-order valence-corrected chi connectivity index (χ1v) is 5.03. The van der Waals surface area contributed by atoms with E-state index in [1.165, 1.54) is 0 Å². The van der Waals surface area contributed by atoms with Crippen LogP contribution in [0, 0.1) is 5.92 Å². The normalized spacial score (nSPS) is 29.2. The molecule has 0 spiro atoms. The van der Waals surface area contributed by atoms with Crippen LogP contribution < -0.4 is 9.47 Å². The highest BCUT2D eigenvalue weighted by Gasteiger charge is 2.68. The Balaban J connectivity index is 1.92. The molecular weight excluding hydrogens is 218 g/mol. The summed E-state index contributed by atoms with van der Waals surface area (Å²) in [7, 11) is 0. The number of aliphatic hydroxyl groups is 1. The molecule has 1 aromatic carbocycles. The highest BCUT2D eigenvalue weighted by molar-refractivity contribution is 5.47. The summed E-state index contributed by atoms with van der Waals surface area (Å²) < 4.78 is 36.8. The lowest BCUT2D eigenvalue weighted by molar-refractivity contribution is 0.0785. The minimum absolute atomic E-state index is 0.128. The molecule has 1 N–H and O–H groups in total. The molecule has 3 nitrogen and oxygen atoms in total. The van der Waals surface area contributed by atoms with E-state index in [4.69, 9.17) is 14.6 Å². The lowest BCUT2D eigenvalue weighted by atomic mass is 10.1. The van der Waals surface area contributed by atoms with Crippen molar-refractivity contribution in [2.75, 3.05) is 13.4 Å². The Kier molecular flexibility index (Phi) is 1.89. The molecule has 0 bridgehead atoms. The van der Waals surface area contributed by atoms with Gasteiger partial charge in [-0.05, 0) is 17.7 Å². The van der Waals surface area contributed by atoms with Gasteiger partial charge in [-0.15, -0.1) is 0 Å². The minimum atomic E-state index is -2.80. The van der Waals surface area contributed by atoms with Gasteiger partial charge in [-0.1, -0.05) is 6.07 Å². The third-order valence-electron chi connectivity index (χ3n) is 3.15. The summed E-state index contributed by atoms with van der Waals surface area (Å²) in [5.41, 5.74) is 0.494. The molecular formula is C11H10F2O3. The predicted molar refractivity (Wildman–Crippen MR) is 50.8 cm³/mol. The molecule has 3 rings (SSSR count). The SMILES string of the molecule is OCC1C(c2ccc3c(c2)OCO3)C1(F)F. The molecule has 1 aromatic rings. The lowest BCUT2D eigenvalue weighted by Crippen LogP contribution is -1.97.